The van der Waals surface area contributed by atoms with Crippen molar-refractivity contribution in [2.24, 2.45) is 0 Å². The third-order valence-corrected chi connectivity index (χ3v) is 4.92. The van der Waals surface area contributed by atoms with Crippen molar-refractivity contribution >= 4 is 17.4 Å². The highest BCUT2D eigenvalue weighted by Crippen LogP contribution is 2.40. The number of nitrogens with zero attached hydrogens (tertiary/aromatic N) is 1. The van der Waals surface area contributed by atoms with Gasteiger partial charge < -0.3 is 24.2 Å². The third kappa shape index (κ3) is 4.16. The molecule has 1 aliphatic heterocycles. The lowest BCUT2D eigenvalue weighted by molar-refractivity contribution is -0.140. The van der Waals surface area contributed by atoms with Gasteiger partial charge in [0, 0.05) is 19.2 Å². The van der Waals surface area contributed by atoms with Gasteiger partial charge in [-0.05, 0) is 48.9 Å². The van der Waals surface area contributed by atoms with Gasteiger partial charge in [-0.1, -0.05) is 12.1 Å². The number of amides is 1. The number of benzene rings is 2. The van der Waals surface area contributed by atoms with Crippen LogP contribution in [-0.4, -0.2) is 55.7 Å². The molecule has 1 N–H and O–H groups in total. The van der Waals surface area contributed by atoms with E-state index in [-0.39, 0.29) is 24.5 Å². The predicted octanol–water partition coefficient (Wildman–Crippen LogP) is 3.16. The molecule has 2 aromatic rings. The number of ether oxygens (including phenoxy) is 3. The average molecular weight is 411 g/mol. The average Bonchev–Trinajstić information content (AvgIpc) is 3.02. The lowest BCUT2D eigenvalue weighted by Gasteiger charge is -2.25. The number of likely N-dealkylation sites (tertiary alicyclic amines) is 1. The summed E-state index contributed by atoms with van der Waals surface area (Å²) in [4.78, 5) is 27.1. The van der Waals surface area contributed by atoms with Crippen molar-refractivity contribution < 1.29 is 28.9 Å². The van der Waals surface area contributed by atoms with Crippen molar-refractivity contribution in [3.8, 4) is 11.5 Å². The third-order valence-electron chi connectivity index (χ3n) is 4.92. The summed E-state index contributed by atoms with van der Waals surface area (Å²) in [5, 5.41) is 11.0. The van der Waals surface area contributed by atoms with Gasteiger partial charge in [0.25, 0.3) is 11.7 Å². The van der Waals surface area contributed by atoms with Crippen LogP contribution in [0.1, 0.15) is 24.1 Å². The molecule has 1 atom stereocenters. The number of Topliss-reactive ketones (excluding diaryl/α,β-unsaturated/α-hetero) is 1. The van der Waals surface area contributed by atoms with E-state index in [0.717, 1.165) is 0 Å². The first-order chi connectivity index (χ1) is 14.5. The molecule has 7 heteroatoms. The smallest absolute Gasteiger partial charge is 0.295 e. The van der Waals surface area contributed by atoms with Crippen molar-refractivity contribution in [1.82, 2.24) is 4.90 Å². The summed E-state index contributed by atoms with van der Waals surface area (Å²) in [5.74, 6) is -0.396. The quantitative estimate of drug-likeness (QED) is 0.408. The van der Waals surface area contributed by atoms with Crippen LogP contribution in [0.4, 0.5) is 0 Å². The fourth-order valence-corrected chi connectivity index (χ4v) is 3.49. The van der Waals surface area contributed by atoms with Crippen LogP contribution in [0, 0.1) is 0 Å². The lowest BCUT2D eigenvalue weighted by Crippen LogP contribution is -2.32. The Bertz CT molecular complexity index is 950. The Hall–Kier alpha value is -3.32. The minimum Gasteiger partial charge on any atom is -0.507 e. The highest BCUT2D eigenvalue weighted by Gasteiger charge is 2.45. The molecule has 0 bridgehead atoms. The van der Waals surface area contributed by atoms with Gasteiger partial charge in [-0.15, -0.1) is 0 Å². The summed E-state index contributed by atoms with van der Waals surface area (Å²) in [6, 6.07) is 13.1. The van der Waals surface area contributed by atoms with E-state index >= 15 is 0 Å². The molecule has 1 unspecified atom stereocenters. The molecular formula is C23H25NO6. The Morgan fingerprint density at radius 3 is 2.43 bits per heavy atom. The molecule has 0 aromatic heterocycles. The second-order valence-electron chi connectivity index (χ2n) is 6.72. The molecule has 30 heavy (non-hydrogen) atoms. The van der Waals surface area contributed by atoms with Crippen LogP contribution in [-0.2, 0) is 14.3 Å². The van der Waals surface area contributed by atoms with E-state index in [4.69, 9.17) is 14.2 Å². The second-order valence-corrected chi connectivity index (χ2v) is 6.72. The molecular weight excluding hydrogens is 386 g/mol. The molecule has 0 spiro atoms. The number of rotatable bonds is 8. The van der Waals surface area contributed by atoms with E-state index in [0.29, 0.717) is 29.2 Å². The van der Waals surface area contributed by atoms with E-state index in [1.807, 2.05) is 6.92 Å². The van der Waals surface area contributed by atoms with Gasteiger partial charge in [0.1, 0.15) is 17.3 Å². The number of aliphatic hydroxyl groups is 1. The summed E-state index contributed by atoms with van der Waals surface area (Å²) in [6.07, 6.45) is 0. The van der Waals surface area contributed by atoms with Crippen LogP contribution in [0.3, 0.4) is 0 Å². The number of aliphatic hydroxyl groups excluding tert-OH is 1. The van der Waals surface area contributed by atoms with Gasteiger partial charge in [0.05, 0.1) is 31.9 Å². The lowest BCUT2D eigenvalue weighted by atomic mass is 9.95. The Morgan fingerprint density at radius 1 is 1.07 bits per heavy atom. The highest BCUT2D eigenvalue weighted by atomic mass is 16.5. The first kappa shape index (κ1) is 21.4. The Balaban J connectivity index is 2.13. The first-order valence-electron chi connectivity index (χ1n) is 9.66. The zero-order valence-electron chi connectivity index (χ0n) is 17.3. The van der Waals surface area contributed by atoms with E-state index in [2.05, 4.69) is 0 Å². The van der Waals surface area contributed by atoms with Crippen LogP contribution in [0.15, 0.2) is 54.1 Å². The van der Waals surface area contributed by atoms with Crippen molar-refractivity contribution in [2.75, 3.05) is 34.0 Å². The zero-order chi connectivity index (χ0) is 21.7. The maximum atomic E-state index is 12.9. The van der Waals surface area contributed by atoms with Gasteiger partial charge in [-0.2, -0.15) is 0 Å². The number of ketones is 1. The minimum atomic E-state index is -0.748. The second kappa shape index (κ2) is 9.45. The number of hydrogen-bond donors (Lipinski definition) is 1. The fourth-order valence-electron chi connectivity index (χ4n) is 3.49. The van der Waals surface area contributed by atoms with Crippen LogP contribution in [0.25, 0.3) is 5.76 Å². The van der Waals surface area contributed by atoms with Crippen LogP contribution < -0.4 is 9.47 Å². The highest BCUT2D eigenvalue weighted by molar-refractivity contribution is 6.46. The van der Waals surface area contributed by atoms with Gasteiger partial charge in [-0.25, -0.2) is 0 Å². The zero-order valence-corrected chi connectivity index (χ0v) is 17.3. The van der Waals surface area contributed by atoms with E-state index in [9.17, 15) is 14.7 Å². The van der Waals surface area contributed by atoms with Gasteiger partial charge >= 0.3 is 0 Å². The number of carbonyl (C=O) groups excluding carboxylic acids is 2. The van der Waals surface area contributed by atoms with Crippen LogP contribution in [0.5, 0.6) is 11.5 Å². The Morgan fingerprint density at radius 2 is 1.80 bits per heavy atom. The molecule has 0 aliphatic carbocycles. The summed E-state index contributed by atoms with van der Waals surface area (Å²) >= 11 is 0. The van der Waals surface area contributed by atoms with Crippen molar-refractivity contribution in [3.63, 3.8) is 0 Å². The van der Waals surface area contributed by atoms with E-state index in [1.54, 1.807) is 55.6 Å². The molecule has 158 valence electrons. The molecule has 7 nitrogen and oxygen atoms in total. The summed E-state index contributed by atoms with van der Waals surface area (Å²) in [7, 11) is 3.07. The molecule has 1 heterocycles. The summed E-state index contributed by atoms with van der Waals surface area (Å²) in [6.45, 7) is 2.83. The molecule has 1 aliphatic rings. The normalized spacial score (nSPS) is 18.0. The maximum Gasteiger partial charge on any atom is 0.295 e. The van der Waals surface area contributed by atoms with E-state index in [1.165, 1.54) is 12.0 Å². The molecule has 1 amide bonds. The molecule has 1 fully saturated rings. The van der Waals surface area contributed by atoms with Gasteiger partial charge in [0.15, 0.2) is 0 Å². The molecule has 3 rings (SSSR count). The van der Waals surface area contributed by atoms with Gasteiger partial charge in [-0.3, -0.25) is 9.59 Å². The van der Waals surface area contributed by atoms with Crippen LogP contribution in [0.2, 0.25) is 0 Å². The standard InChI is InChI=1S/C23H25NO6/c1-4-30-18-7-5-6-16(14-18)20-19(22(26)23(27)24(20)12-13-28-2)21(25)15-8-10-17(29-3)11-9-15/h5-11,14,20,25H,4,12-13H2,1-3H3/b21-19-. The fraction of sp³-hybridized carbons (Fsp3) is 0.304. The number of methoxy groups -OCH3 is 2. The van der Waals surface area contributed by atoms with Crippen LogP contribution >= 0.6 is 0 Å². The number of carbonyl (C=O) groups is 2. The Labute approximate surface area is 175 Å². The monoisotopic (exact) mass is 411 g/mol. The topological polar surface area (TPSA) is 85.3 Å². The Kier molecular flexibility index (Phi) is 6.74. The maximum absolute atomic E-state index is 12.9. The molecule has 0 saturated carbocycles. The van der Waals surface area contributed by atoms with Gasteiger partial charge in [0.2, 0.25) is 0 Å². The largest absolute Gasteiger partial charge is 0.507 e. The predicted molar refractivity (Wildman–Crippen MR) is 111 cm³/mol. The number of hydrogen-bond acceptors (Lipinski definition) is 6. The van der Waals surface area contributed by atoms with Crippen molar-refractivity contribution in [3.05, 3.63) is 65.2 Å². The molecule has 1 saturated heterocycles. The van der Waals surface area contributed by atoms with E-state index < -0.39 is 17.7 Å². The molecule has 0 radical (unpaired) electrons. The van der Waals surface area contributed by atoms with Crippen molar-refractivity contribution in [1.29, 1.82) is 0 Å². The SMILES string of the molecule is CCOc1cccc(C2/C(=C(/O)c3ccc(OC)cc3)C(=O)C(=O)N2CCOC)c1. The first-order valence-corrected chi connectivity index (χ1v) is 9.66. The minimum absolute atomic E-state index is 0.0370. The summed E-state index contributed by atoms with van der Waals surface area (Å²) in [5.41, 5.74) is 1.13. The van der Waals surface area contributed by atoms with Crippen molar-refractivity contribution in [2.45, 2.75) is 13.0 Å². The summed E-state index contributed by atoms with van der Waals surface area (Å²) < 4.78 is 15.8. The molecule has 2 aromatic carbocycles.